The van der Waals surface area contributed by atoms with Crippen LogP contribution in [-0.4, -0.2) is 54.9 Å². The van der Waals surface area contributed by atoms with Crippen LogP contribution in [0.4, 0.5) is 4.39 Å². The molecule has 0 saturated carbocycles. The second-order valence-electron chi connectivity index (χ2n) is 6.59. The lowest BCUT2D eigenvalue weighted by Crippen LogP contribution is -2.37. The van der Waals surface area contributed by atoms with E-state index in [2.05, 4.69) is 5.16 Å². The van der Waals surface area contributed by atoms with Crippen molar-refractivity contribution in [3.63, 3.8) is 0 Å². The second-order valence-corrected chi connectivity index (χ2v) is 8.47. The molecule has 1 aliphatic heterocycles. The van der Waals surface area contributed by atoms with Gasteiger partial charge in [0.25, 0.3) is 0 Å². The van der Waals surface area contributed by atoms with Crippen LogP contribution in [0.5, 0.6) is 0 Å². The minimum Gasteiger partial charge on any atom is -0.360 e. The number of aromatic nitrogens is 1. The Kier molecular flexibility index (Phi) is 5.95. The molecule has 7 nitrogen and oxygen atoms in total. The van der Waals surface area contributed by atoms with E-state index >= 15 is 0 Å². The van der Waals surface area contributed by atoms with Crippen molar-refractivity contribution < 1.29 is 22.1 Å². The van der Waals surface area contributed by atoms with Gasteiger partial charge in [0.05, 0.1) is 0 Å². The van der Waals surface area contributed by atoms with E-state index in [0.29, 0.717) is 30.8 Å². The number of benzene rings is 1. The molecule has 9 heteroatoms. The van der Waals surface area contributed by atoms with Crippen molar-refractivity contribution >= 4 is 22.0 Å². The Morgan fingerprint density at radius 1 is 1.18 bits per heavy atom. The maximum atomic E-state index is 13.7. The first-order chi connectivity index (χ1) is 13.3. The zero-order chi connectivity index (χ0) is 20.3. The van der Waals surface area contributed by atoms with Gasteiger partial charge < -0.3 is 9.42 Å². The Morgan fingerprint density at radius 3 is 2.61 bits per heavy atom. The highest BCUT2D eigenvalue weighted by molar-refractivity contribution is 7.89. The Morgan fingerprint density at radius 2 is 1.93 bits per heavy atom. The number of nitrogens with zero attached hydrogens (tertiary/aromatic N) is 3. The van der Waals surface area contributed by atoms with Crippen molar-refractivity contribution in [2.24, 2.45) is 0 Å². The lowest BCUT2D eigenvalue weighted by molar-refractivity contribution is -0.125. The van der Waals surface area contributed by atoms with Gasteiger partial charge in [0.15, 0.2) is 5.76 Å². The molecule has 150 valence electrons. The highest BCUT2D eigenvalue weighted by Gasteiger charge is 2.32. The molecule has 0 aliphatic carbocycles. The molecule has 1 amide bonds. The van der Waals surface area contributed by atoms with E-state index in [1.54, 1.807) is 36.9 Å². The fourth-order valence-corrected chi connectivity index (χ4v) is 4.96. The summed E-state index contributed by atoms with van der Waals surface area (Å²) >= 11 is 0. The highest BCUT2D eigenvalue weighted by Crippen LogP contribution is 2.24. The molecule has 0 atom stereocenters. The molecule has 0 unspecified atom stereocenters. The van der Waals surface area contributed by atoms with Gasteiger partial charge in [-0.05, 0) is 32.4 Å². The summed E-state index contributed by atoms with van der Waals surface area (Å²) in [6, 6.07) is 6.18. The summed E-state index contributed by atoms with van der Waals surface area (Å²) in [5.74, 6) is -0.429. The van der Waals surface area contributed by atoms with Gasteiger partial charge in [-0.3, -0.25) is 4.79 Å². The average Bonchev–Trinajstić information content (AvgIpc) is 2.86. The van der Waals surface area contributed by atoms with Crippen LogP contribution in [0.15, 0.2) is 39.8 Å². The third kappa shape index (κ3) is 4.15. The van der Waals surface area contributed by atoms with Crippen molar-refractivity contribution in [2.75, 3.05) is 26.2 Å². The molecule has 1 aromatic heterocycles. The number of carbonyl (C=O) groups is 1. The van der Waals surface area contributed by atoms with Crippen LogP contribution >= 0.6 is 0 Å². The van der Waals surface area contributed by atoms with E-state index in [1.807, 2.05) is 0 Å². The normalized spacial score (nSPS) is 16.5. The van der Waals surface area contributed by atoms with Gasteiger partial charge >= 0.3 is 0 Å². The molecule has 1 saturated heterocycles. The van der Waals surface area contributed by atoms with E-state index in [-0.39, 0.29) is 29.7 Å². The predicted molar refractivity (Wildman–Crippen MR) is 101 cm³/mol. The van der Waals surface area contributed by atoms with Crippen molar-refractivity contribution in [1.29, 1.82) is 0 Å². The maximum absolute atomic E-state index is 13.7. The SMILES string of the molecule is Cc1noc(C)c1S(=O)(=O)N1CCCN(C(=O)/C=C/c2ccccc2F)CC1. The summed E-state index contributed by atoms with van der Waals surface area (Å²) < 4.78 is 45.9. The topological polar surface area (TPSA) is 83.7 Å². The summed E-state index contributed by atoms with van der Waals surface area (Å²) in [6.07, 6.45) is 3.25. The molecule has 2 heterocycles. The molecule has 2 aromatic rings. The molecule has 28 heavy (non-hydrogen) atoms. The summed E-state index contributed by atoms with van der Waals surface area (Å²) in [7, 11) is -3.74. The van der Waals surface area contributed by atoms with Gasteiger partial charge in [0.1, 0.15) is 16.4 Å². The number of sulfonamides is 1. The zero-order valence-electron chi connectivity index (χ0n) is 15.8. The van der Waals surface area contributed by atoms with E-state index < -0.39 is 15.8 Å². The Bertz CT molecular complexity index is 981. The Labute approximate surface area is 163 Å². The van der Waals surface area contributed by atoms with E-state index in [4.69, 9.17) is 4.52 Å². The highest BCUT2D eigenvalue weighted by atomic mass is 32.2. The van der Waals surface area contributed by atoms with Gasteiger partial charge in [-0.15, -0.1) is 0 Å². The smallest absolute Gasteiger partial charge is 0.248 e. The molecule has 1 aromatic carbocycles. The number of aryl methyl sites for hydroxylation is 2. The Hall–Kier alpha value is -2.52. The largest absolute Gasteiger partial charge is 0.360 e. The van der Waals surface area contributed by atoms with Crippen LogP contribution < -0.4 is 0 Å². The van der Waals surface area contributed by atoms with Crippen LogP contribution in [0.2, 0.25) is 0 Å². The Balaban J connectivity index is 1.70. The van der Waals surface area contributed by atoms with Crippen molar-refractivity contribution in [3.05, 3.63) is 53.2 Å². The summed E-state index contributed by atoms with van der Waals surface area (Å²) in [5.41, 5.74) is 0.649. The minimum absolute atomic E-state index is 0.0896. The molecular weight excluding hydrogens is 385 g/mol. The van der Waals surface area contributed by atoms with Crippen LogP contribution in [0.3, 0.4) is 0 Å². The van der Waals surface area contributed by atoms with Crippen molar-refractivity contribution in [2.45, 2.75) is 25.2 Å². The fourth-order valence-electron chi connectivity index (χ4n) is 3.20. The van der Waals surface area contributed by atoms with Crippen LogP contribution in [0, 0.1) is 19.7 Å². The van der Waals surface area contributed by atoms with Gasteiger partial charge in [-0.25, -0.2) is 12.8 Å². The summed E-state index contributed by atoms with van der Waals surface area (Å²) in [4.78, 5) is 14.1. The molecule has 0 radical (unpaired) electrons. The van der Waals surface area contributed by atoms with Gasteiger partial charge in [-0.1, -0.05) is 23.4 Å². The average molecular weight is 407 g/mol. The number of hydrogen-bond acceptors (Lipinski definition) is 5. The number of rotatable bonds is 4. The zero-order valence-corrected chi connectivity index (χ0v) is 16.6. The third-order valence-corrected chi connectivity index (χ3v) is 6.79. The molecule has 0 spiro atoms. The van der Waals surface area contributed by atoms with Gasteiger partial charge in [0, 0.05) is 37.8 Å². The predicted octanol–water partition coefficient (Wildman–Crippen LogP) is 2.37. The summed E-state index contributed by atoms with van der Waals surface area (Å²) in [5, 5.41) is 3.72. The number of amides is 1. The molecule has 1 aliphatic rings. The maximum Gasteiger partial charge on any atom is 0.248 e. The number of carbonyl (C=O) groups excluding carboxylic acids is 1. The van der Waals surface area contributed by atoms with E-state index in [9.17, 15) is 17.6 Å². The minimum atomic E-state index is -3.74. The van der Waals surface area contributed by atoms with Crippen molar-refractivity contribution in [3.8, 4) is 0 Å². The third-order valence-electron chi connectivity index (χ3n) is 4.64. The second kappa shape index (κ2) is 8.24. The van der Waals surface area contributed by atoms with E-state index in [0.717, 1.165) is 0 Å². The molecular formula is C19H22FN3O4S. The fraction of sp³-hybridized carbons (Fsp3) is 0.368. The number of hydrogen-bond donors (Lipinski definition) is 0. The molecule has 3 rings (SSSR count). The van der Waals surface area contributed by atoms with Crippen LogP contribution in [0.25, 0.3) is 6.08 Å². The first kappa shape index (κ1) is 20.2. The van der Waals surface area contributed by atoms with Crippen molar-refractivity contribution in [1.82, 2.24) is 14.4 Å². The first-order valence-electron chi connectivity index (χ1n) is 8.95. The molecule has 1 fully saturated rings. The number of halogens is 1. The van der Waals surface area contributed by atoms with E-state index in [1.165, 1.54) is 22.5 Å². The standard InChI is InChI=1S/C19H22FN3O4S/c1-14-19(15(2)27-21-14)28(25,26)23-11-5-10-22(12-13-23)18(24)9-8-16-6-3-4-7-17(16)20/h3-4,6-9H,5,10-13H2,1-2H3/b9-8+. The summed E-state index contributed by atoms with van der Waals surface area (Å²) in [6.45, 7) is 4.30. The molecule has 0 bridgehead atoms. The lowest BCUT2D eigenvalue weighted by atomic mass is 10.2. The van der Waals surface area contributed by atoms with Crippen LogP contribution in [-0.2, 0) is 14.8 Å². The molecule has 0 N–H and O–H groups in total. The quantitative estimate of drug-likeness (QED) is 0.727. The van der Waals surface area contributed by atoms with Gasteiger partial charge in [0.2, 0.25) is 15.9 Å². The van der Waals surface area contributed by atoms with Gasteiger partial charge in [-0.2, -0.15) is 4.31 Å². The van der Waals surface area contributed by atoms with Crippen LogP contribution in [0.1, 0.15) is 23.4 Å². The first-order valence-corrected chi connectivity index (χ1v) is 10.4. The monoisotopic (exact) mass is 407 g/mol. The lowest BCUT2D eigenvalue weighted by Gasteiger charge is -2.21.